The van der Waals surface area contributed by atoms with Crippen LogP contribution < -0.4 is 11.5 Å². The number of hydrogen-bond donors (Lipinski definition) is 2. The number of halogens is 1. The Kier molecular flexibility index (Phi) is 8.72. The van der Waals surface area contributed by atoms with E-state index in [2.05, 4.69) is 119 Å². The molecular weight excluding hydrogens is 484 g/mol. The highest BCUT2D eigenvalue weighted by molar-refractivity contribution is 6.32. The first kappa shape index (κ1) is 30.5. The first-order chi connectivity index (χ1) is 17.5. The van der Waals surface area contributed by atoms with Gasteiger partial charge in [0.25, 0.3) is 0 Å². The maximum absolute atomic E-state index is 7.04. The third-order valence-electron chi connectivity index (χ3n) is 9.25. The van der Waals surface area contributed by atoms with Crippen molar-refractivity contribution in [3.63, 3.8) is 0 Å². The number of benzene rings is 2. The van der Waals surface area contributed by atoms with Crippen molar-refractivity contribution in [1.29, 1.82) is 0 Å². The van der Waals surface area contributed by atoms with Gasteiger partial charge in [0.05, 0.1) is 0 Å². The van der Waals surface area contributed by atoms with E-state index in [0.717, 1.165) is 34.7 Å². The van der Waals surface area contributed by atoms with Crippen molar-refractivity contribution in [3.05, 3.63) is 86.5 Å². The van der Waals surface area contributed by atoms with Crippen LogP contribution in [0.3, 0.4) is 0 Å². The van der Waals surface area contributed by atoms with Gasteiger partial charge in [0.15, 0.2) is 0 Å². The average Bonchev–Trinajstić information content (AvgIpc) is 2.83. The number of rotatable bonds is 8. The van der Waals surface area contributed by atoms with Gasteiger partial charge in [-0.15, -0.1) is 0 Å². The zero-order chi connectivity index (χ0) is 28.8. The zero-order valence-corrected chi connectivity index (χ0v) is 26.5. The highest BCUT2D eigenvalue weighted by atomic mass is 35.5. The maximum atomic E-state index is 7.04. The van der Waals surface area contributed by atoms with Gasteiger partial charge in [-0.05, 0) is 70.6 Å². The van der Waals surface area contributed by atoms with Crippen LogP contribution in [0.4, 0.5) is 5.69 Å². The summed E-state index contributed by atoms with van der Waals surface area (Å²) >= 11 is 7.04. The Morgan fingerprint density at radius 2 is 1.53 bits per heavy atom. The van der Waals surface area contributed by atoms with Gasteiger partial charge in [0.1, 0.15) is 0 Å². The molecule has 2 aromatic carbocycles. The maximum Gasteiger partial charge on any atom is 0.0499 e. The van der Waals surface area contributed by atoms with Gasteiger partial charge in [0, 0.05) is 33.0 Å². The second kappa shape index (κ2) is 10.9. The number of nitrogen functional groups attached to an aromatic ring is 1. The Morgan fingerprint density at radius 3 is 2.03 bits per heavy atom. The predicted octanol–water partition coefficient (Wildman–Crippen LogP) is 9.16. The number of anilines is 1. The summed E-state index contributed by atoms with van der Waals surface area (Å²) in [6, 6.07) is 11.3. The molecule has 0 amide bonds. The summed E-state index contributed by atoms with van der Waals surface area (Å²) in [5.41, 5.74) is 22.2. The van der Waals surface area contributed by atoms with Crippen LogP contribution in [0.15, 0.2) is 53.6 Å². The van der Waals surface area contributed by atoms with Crippen molar-refractivity contribution in [1.82, 2.24) is 0 Å². The first-order valence-corrected chi connectivity index (χ1v) is 14.8. The molecule has 0 bridgehead atoms. The molecule has 2 unspecified atom stereocenters. The van der Waals surface area contributed by atoms with Crippen molar-refractivity contribution in [3.8, 4) is 0 Å². The molecule has 3 heteroatoms. The van der Waals surface area contributed by atoms with Crippen LogP contribution in [0.5, 0.6) is 0 Å². The molecule has 0 saturated heterocycles. The minimum Gasteiger partial charge on any atom is -0.398 e. The smallest absolute Gasteiger partial charge is 0.0499 e. The average molecular weight is 535 g/mol. The van der Waals surface area contributed by atoms with Gasteiger partial charge >= 0.3 is 0 Å². The highest BCUT2D eigenvalue weighted by Crippen LogP contribution is 2.46. The lowest BCUT2D eigenvalue weighted by atomic mass is 9.63. The van der Waals surface area contributed by atoms with E-state index in [4.69, 9.17) is 23.1 Å². The van der Waals surface area contributed by atoms with E-state index in [9.17, 15) is 0 Å². The van der Waals surface area contributed by atoms with Gasteiger partial charge in [-0.2, -0.15) is 0 Å². The third-order valence-corrected chi connectivity index (χ3v) is 9.68. The molecule has 2 atom stereocenters. The Labute approximate surface area is 237 Å². The van der Waals surface area contributed by atoms with E-state index in [-0.39, 0.29) is 22.3 Å². The van der Waals surface area contributed by atoms with E-state index >= 15 is 0 Å². The summed E-state index contributed by atoms with van der Waals surface area (Å²) in [7, 11) is 0. The topological polar surface area (TPSA) is 52.0 Å². The lowest BCUT2D eigenvalue weighted by Gasteiger charge is -2.44. The van der Waals surface area contributed by atoms with E-state index in [1.807, 2.05) is 0 Å². The highest BCUT2D eigenvalue weighted by Gasteiger charge is 2.41. The molecule has 0 aliphatic heterocycles. The molecule has 4 N–H and O–H groups in total. The van der Waals surface area contributed by atoms with Crippen LogP contribution in [0.25, 0.3) is 0 Å². The van der Waals surface area contributed by atoms with E-state index < -0.39 is 0 Å². The van der Waals surface area contributed by atoms with Crippen molar-refractivity contribution in [2.75, 3.05) is 5.73 Å². The quantitative estimate of drug-likeness (QED) is 0.331. The van der Waals surface area contributed by atoms with Gasteiger partial charge < -0.3 is 11.5 Å². The molecular formula is C35H51ClN2. The SMILES string of the molecule is CCc1cc(C(C)(C)c2cccc(C(C)(C)C3=CC(C(C)C)C(C)(N)C(C(C)C)=C3)c2)c(Cl)c(CC)c1N. The molecule has 2 nitrogen and oxygen atoms in total. The minimum absolute atomic E-state index is 0.177. The fourth-order valence-electron chi connectivity index (χ4n) is 6.49. The van der Waals surface area contributed by atoms with Crippen molar-refractivity contribution >= 4 is 17.3 Å². The molecule has 38 heavy (non-hydrogen) atoms. The number of nitrogens with two attached hydrogens (primary N) is 2. The van der Waals surface area contributed by atoms with Crippen LogP contribution in [-0.4, -0.2) is 5.54 Å². The number of aryl methyl sites for hydroxylation is 1. The molecule has 0 spiro atoms. The summed E-state index contributed by atoms with van der Waals surface area (Å²) in [6.07, 6.45) is 6.55. The molecule has 0 fully saturated rings. The van der Waals surface area contributed by atoms with Gasteiger partial charge in [-0.25, -0.2) is 0 Å². The molecule has 208 valence electrons. The molecule has 2 aromatic rings. The second-order valence-electron chi connectivity index (χ2n) is 13.3. The monoisotopic (exact) mass is 534 g/mol. The minimum atomic E-state index is -0.342. The van der Waals surface area contributed by atoms with Crippen LogP contribution in [-0.2, 0) is 23.7 Å². The number of allylic oxidation sites excluding steroid dienone is 2. The van der Waals surface area contributed by atoms with Crippen molar-refractivity contribution in [2.45, 2.75) is 105 Å². The fourth-order valence-corrected chi connectivity index (χ4v) is 7.02. The Hall–Kier alpha value is -2.03. The predicted molar refractivity (Wildman–Crippen MR) is 168 cm³/mol. The van der Waals surface area contributed by atoms with Crippen LogP contribution in [0.2, 0.25) is 5.02 Å². The third kappa shape index (κ3) is 5.24. The van der Waals surface area contributed by atoms with Crippen LogP contribution in [0.1, 0.15) is 104 Å². The van der Waals surface area contributed by atoms with Gasteiger partial charge in [-0.1, -0.05) is 123 Å². The molecule has 0 aromatic heterocycles. The van der Waals surface area contributed by atoms with Crippen LogP contribution >= 0.6 is 11.6 Å². The Bertz CT molecular complexity index is 1240. The molecule has 0 saturated carbocycles. The molecule has 0 radical (unpaired) electrons. The summed E-state index contributed by atoms with van der Waals surface area (Å²) in [5, 5.41) is 0.804. The van der Waals surface area contributed by atoms with E-state index in [0.29, 0.717) is 11.8 Å². The summed E-state index contributed by atoms with van der Waals surface area (Å²) in [5.74, 6) is 1.13. The van der Waals surface area contributed by atoms with Crippen LogP contribution in [0, 0.1) is 17.8 Å². The normalized spacial score (nSPS) is 20.7. The zero-order valence-electron chi connectivity index (χ0n) is 25.7. The Balaban J connectivity index is 2.16. The molecule has 3 rings (SSSR count). The lowest BCUT2D eigenvalue weighted by Crippen LogP contribution is -2.50. The van der Waals surface area contributed by atoms with Crippen molar-refractivity contribution < 1.29 is 0 Å². The van der Waals surface area contributed by atoms with Gasteiger partial charge in [0.2, 0.25) is 0 Å². The summed E-state index contributed by atoms with van der Waals surface area (Å²) < 4.78 is 0. The summed E-state index contributed by atoms with van der Waals surface area (Å²) in [6.45, 7) is 24.8. The molecule has 1 aliphatic carbocycles. The van der Waals surface area contributed by atoms with Gasteiger partial charge in [-0.3, -0.25) is 0 Å². The largest absolute Gasteiger partial charge is 0.398 e. The molecule has 0 heterocycles. The fraction of sp³-hybridized carbons (Fsp3) is 0.543. The Morgan fingerprint density at radius 1 is 0.947 bits per heavy atom. The number of hydrogen-bond acceptors (Lipinski definition) is 2. The summed E-state index contributed by atoms with van der Waals surface area (Å²) in [4.78, 5) is 0. The lowest BCUT2D eigenvalue weighted by molar-refractivity contribution is 0.294. The van der Waals surface area contributed by atoms with E-state index in [1.165, 1.54) is 27.8 Å². The first-order valence-electron chi connectivity index (χ1n) is 14.5. The second-order valence-corrected chi connectivity index (χ2v) is 13.6. The molecule has 1 aliphatic rings. The standard InChI is InChI=1S/C35H51ClN2/c1-12-23-17-30(31(36)27(13-2)32(23)37)34(9,10)25-16-14-15-24(18-25)33(7,8)26-19-28(21(3)4)35(11,38)29(20-26)22(5)6/h14-22,28H,12-13,37-38H2,1-11H3. The van der Waals surface area contributed by atoms with E-state index in [1.54, 1.807) is 0 Å². The van der Waals surface area contributed by atoms with Crippen molar-refractivity contribution in [2.24, 2.45) is 23.5 Å².